The maximum Gasteiger partial charge on any atom is 0.267 e. The number of thiophene rings is 1. The largest absolute Gasteiger partial charge is 0.320 e. The van der Waals surface area contributed by atoms with Crippen LogP contribution in [0.5, 0.6) is 0 Å². The summed E-state index contributed by atoms with van der Waals surface area (Å²) in [5.41, 5.74) is 1.43. The number of nitrogens with one attached hydrogen (secondary N) is 1. The molecule has 4 nitrogen and oxygen atoms in total. The van der Waals surface area contributed by atoms with Crippen molar-refractivity contribution in [1.82, 2.24) is 9.97 Å². The number of anilines is 1. The van der Waals surface area contributed by atoms with E-state index in [9.17, 15) is 4.79 Å². The summed E-state index contributed by atoms with van der Waals surface area (Å²) in [5.74, 6) is -0.143. The zero-order valence-corrected chi connectivity index (χ0v) is 12.3. The molecule has 1 N–H and O–H groups in total. The van der Waals surface area contributed by atoms with Crippen LogP contribution in [0.25, 0.3) is 9.88 Å². The fraction of sp³-hybridized carbons (Fsp3) is 0.0714. The van der Waals surface area contributed by atoms with Gasteiger partial charge in [0.1, 0.15) is 9.88 Å². The van der Waals surface area contributed by atoms with Crippen molar-refractivity contribution < 1.29 is 4.79 Å². The molecule has 0 fully saturated rings. The van der Waals surface area contributed by atoms with E-state index in [-0.39, 0.29) is 5.91 Å². The van der Waals surface area contributed by atoms with Gasteiger partial charge >= 0.3 is 0 Å². The van der Waals surface area contributed by atoms with Crippen molar-refractivity contribution in [3.63, 3.8) is 0 Å². The minimum Gasteiger partial charge on any atom is -0.320 e. The average molecular weight is 301 g/mol. The first-order valence-electron chi connectivity index (χ1n) is 5.97. The van der Waals surface area contributed by atoms with Crippen LogP contribution in [0.4, 0.5) is 5.69 Å². The first-order valence-corrected chi connectivity index (χ1v) is 7.66. The molecule has 0 bridgehead atoms. The molecule has 0 saturated heterocycles. The first-order chi connectivity index (χ1) is 9.74. The van der Waals surface area contributed by atoms with Crippen molar-refractivity contribution in [3.05, 3.63) is 52.6 Å². The number of carbonyl (C=O) groups is 1. The molecular formula is C14H11N3OS2. The van der Waals surface area contributed by atoms with E-state index in [0.29, 0.717) is 10.6 Å². The Morgan fingerprint density at radius 3 is 2.90 bits per heavy atom. The van der Waals surface area contributed by atoms with Crippen LogP contribution in [0.15, 0.2) is 42.0 Å². The lowest BCUT2D eigenvalue weighted by molar-refractivity contribution is 0.103. The molecule has 0 spiro atoms. The van der Waals surface area contributed by atoms with Gasteiger partial charge in [0.25, 0.3) is 5.91 Å². The van der Waals surface area contributed by atoms with Crippen LogP contribution in [0.1, 0.15) is 15.4 Å². The van der Waals surface area contributed by atoms with Gasteiger partial charge in [0.05, 0.1) is 22.5 Å². The highest BCUT2D eigenvalue weighted by Crippen LogP contribution is 2.31. The maximum absolute atomic E-state index is 12.3. The number of aryl methyl sites for hydroxylation is 1. The molecule has 3 heterocycles. The van der Waals surface area contributed by atoms with Crippen molar-refractivity contribution in [1.29, 1.82) is 0 Å². The number of carbonyl (C=O) groups excluding carboxylic acids is 1. The fourth-order valence-electron chi connectivity index (χ4n) is 1.74. The van der Waals surface area contributed by atoms with E-state index in [1.807, 2.05) is 24.4 Å². The predicted molar refractivity (Wildman–Crippen MR) is 82.4 cm³/mol. The Kier molecular flexibility index (Phi) is 3.58. The second-order valence-electron chi connectivity index (χ2n) is 4.11. The van der Waals surface area contributed by atoms with Gasteiger partial charge in [-0.15, -0.1) is 22.7 Å². The topological polar surface area (TPSA) is 54.9 Å². The Labute approximate surface area is 124 Å². The number of nitrogens with zero attached hydrogens (tertiary/aromatic N) is 2. The Hall–Kier alpha value is -2.05. The van der Waals surface area contributed by atoms with Crippen LogP contribution in [-0.2, 0) is 0 Å². The molecule has 3 aromatic rings. The van der Waals surface area contributed by atoms with E-state index in [1.165, 1.54) is 11.3 Å². The molecule has 3 aromatic heterocycles. The summed E-state index contributed by atoms with van der Waals surface area (Å²) in [6, 6.07) is 7.57. The highest BCUT2D eigenvalue weighted by molar-refractivity contribution is 7.22. The van der Waals surface area contributed by atoms with E-state index in [4.69, 9.17) is 0 Å². The van der Waals surface area contributed by atoms with E-state index in [0.717, 1.165) is 15.6 Å². The number of thiazole rings is 1. The van der Waals surface area contributed by atoms with Gasteiger partial charge in [-0.2, -0.15) is 0 Å². The summed E-state index contributed by atoms with van der Waals surface area (Å²) in [4.78, 5) is 22.4. The third-order valence-electron chi connectivity index (χ3n) is 2.65. The number of pyridine rings is 1. The third-order valence-corrected chi connectivity index (χ3v) is 4.85. The van der Waals surface area contributed by atoms with E-state index >= 15 is 0 Å². The second kappa shape index (κ2) is 5.52. The summed E-state index contributed by atoms with van der Waals surface area (Å²) in [6.45, 7) is 1.85. The van der Waals surface area contributed by atoms with Crippen LogP contribution in [-0.4, -0.2) is 15.9 Å². The minimum atomic E-state index is -0.143. The average Bonchev–Trinajstić information content (AvgIpc) is 3.08. The SMILES string of the molecule is Cc1nc(-c2cccs2)sc1C(=O)Nc1cccnc1. The summed E-state index contributed by atoms with van der Waals surface area (Å²) < 4.78 is 0. The quantitative estimate of drug-likeness (QED) is 0.800. The van der Waals surface area contributed by atoms with Gasteiger partial charge in [0.15, 0.2) is 0 Å². The van der Waals surface area contributed by atoms with Gasteiger partial charge in [-0.1, -0.05) is 6.07 Å². The highest BCUT2D eigenvalue weighted by Gasteiger charge is 2.16. The molecule has 1 amide bonds. The molecule has 0 atom stereocenters. The Bertz CT molecular complexity index is 720. The van der Waals surface area contributed by atoms with Crippen LogP contribution in [0.3, 0.4) is 0 Å². The van der Waals surface area contributed by atoms with Crippen LogP contribution < -0.4 is 5.32 Å². The lowest BCUT2D eigenvalue weighted by Gasteiger charge is -2.02. The smallest absolute Gasteiger partial charge is 0.267 e. The number of amides is 1. The number of hydrogen-bond acceptors (Lipinski definition) is 5. The molecule has 0 radical (unpaired) electrons. The zero-order valence-electron chi connectivity index (χ0n) is 10.7. The summed E-state index contributed by atoms with van der Waals surface area (Å²) in [6.07, 6.45) is 3.29. The Morgan fingerprint density at radius 1 is 1.30 bits per heavy atom. The van der Waals surface area contributed by atoms with Gasteiger partial charge in [-0.05, 0) is 30.5 Å². The van der Waals surface area contributed by atoms with Crippen molar-refractivity contribution >= 4 is 34.3 Å². The van der Waals surface area contributed by atoms with Crippen LogP contribution >= 0.6 is 22.7 Å². The van der Waals surface area contributed by atoms with Crippen molar-refractivity contribution in [2.75, 3.05) is 5.32 Å². The third kappa shape index (κ3) is 2.61. The van der Waals surface area contributed by atoms with Gasteiger partial charge in [-0.25, -0.2) is 4.98 Å². The molecule has 6 heteroatoms. The minimum absolute atomic E-state index is 0.143. The predicted octanol–water partition coefficient (Wildman–Crippen LogP) is 3.83. The second-order valence-corrected chi connectivity index (χ2v) is 6.05. The summed E-state index contributed by atoms with van der Waals surface area (Å²) in [5, 5.41) is 5.71. The van der Waals surface area contributed by atoms with Crippen molar-refractivity contribution in [3.8, 4) is 9.88 Å². The normalized spacial score (nSPS) is 10.4. The standard InChI is InChI=1S/C14H11N3OS2/c1-9-12(13(18)17-10-4-2-6-15-8-10)20-14(16-9)11-5-3-7-19-11/h2-8H,1H3,(H,17,18). The zero-order chi connectivity index (χ0) is 13.9. The first kappa shape index (κ1) is 13.0. The molecule has 0 saturated carbocycles. The Morgan fingerprint density at radius 2 is 2.20 bits per heavy atom. The highest BCUT2D eigenvalue weighted by atomic mass is 32.1. The molecule has 0 aliphatic carbocycles. The van der Waals surface area contributed by atoms with Crippen LogP contribution in [0, 0.1) is 6.92 Å². The molecule has 0 unspecified atom stereocenters. The van der Waals surface area contributed by atoms with Crippen molar-refractivity contribution in [2.45, 2.75) is 6.92 Å². The molecule has 0 aliphatic heterocycles. The molecular weight excluding hydrogens is 290 g/mol. The number of rotatable bonds is 3. The van der Waals surface area contributed by atoms with Gasteiger partial charge in [-0.3, -0.25) is 9.78 Å². The van der Waals surface area contributed by atoms with E-state index < -0.39 is 0 Å². The van der Waals surface area contributed by atoms with Crippen LogP contribution in [0.2, 0.25) is 0 Å². The fourth-order valence-corrected chi connectivity index (χ4v) is 3.50. The molecule has 100 valence electrons. The molecule has 3 rings (SSSR count). The van der Waals surface area contributed by atoms with Crippen molar-refractivity contribution in [2.24, 2.45) is 0 Å². The molecule has 20 heavy (non-hydrogen) atoms. The lowest BCUT2D eigenvalue weighted by Crippen LogP contribution is -2.11. The maximum atomic E-state index is 12.3. The molecule has 0 aliphatic rings. The van der Waals surface area contributed by atoms with Gasteiger partial charge < -0.3 is 5.32 Å². The number of aromatic nitrogens is 2. The Balaban J connectivity index is 1.85. The lowest BCUT2D eigenvalue weighted by atomic mass is 10.3. The monoisotopic (exact) mass is 301 g/mol. The summed E-state index contributed by atoms with van der Waals surface area (Å²) in [7, 11) is 0. The number of hydrogen-bond donors (Lipinski definition) is 1. The summed E-state index contributed by atoms with van der Waals surface area (Å²) >= 11 is 3.03. The van der Waals surface area contributed by atoms with E-state index in [1.54, 1.807) is 35.9 Å². The van der Waals surface area contributed by atoms with E-state index in [2.05, 4.69) is 15.3 Å². The molecule has 0 aromatic carbocycles. The van der Waals surface area contributed by atoms with Gasteiger partial charge in [0.2, 0.25) is 0 Å². The van der Waals surface area contributed by atoms with Gasteiger partial charge in [0, 0.05) is 6.20 Å².